The molecular weight excluding hydrogens is 398 g/mol. The molecule has 2 heterocycles. The number of carbonyl (C=O) groups is 2. The molecule has 0 aliphatic carbocycles. The fourth-order valence-electron chi connectivity index (χ4n) is 3.11. The van der Waals surface area contributed by atoms with Crippen molar-refractivity contribution < 1.29 is 9.59 Å². The van der Waals surface area contributed by atoms with Gasteiger partial charge in [-0.2, -0.15) is 10.2 Å². The van der Waals surface area contributed by atoms with E-state index in [1.807, 2.05) is 0 Å². The molecule has 0 aliphatic heterocycles. The predicted octanol–water partition coefficient (Wildman–Crippen LogP) is 1.37. The highest BCUT2D eigenvalue weighted by Crippen LogP contribution is 2.14. The average molecular weight is 417 g/mol. The van der Waals surface area contributed by atoms with Gasteiger partial charge < -0.3 is 10.6 Å². The molecule has 0 aliphatic rings. The third kappa shape index (κ3) is 4.17. The molecule has 0 saturated heterocycles. The Balaban J connectivity index is 1.44. The molecule has 0 unspecified atom stereocenters. The van der Waals surface area contributed by atoms with Gasteiger partial charge in [-0.1, -0.05) is 18.2 Å². The third-order valence-corrected chi connectivity index (χ3v) is 4.63. The lowest BCUT2D eigenvalue weighted by molar-refractivity contribution is -0.115. The summed E-state index contributed by atoms with van der Waals surface area (Å²) in [5.41, 5.74) is 1.21. The number of hydrogen-bond donors (Lipinski definition) is 2. The summed E-state index contributed by atoms with van der Waals surface area (Å²) in [6.45, 7) is 1.85. The highest BCUT2D eigenvalue weighted by atomic mass is 16.2. The van der Waals surface area contributed by atoms with Gasteiger partial charge >= 0.3 is 0 Å². The van der Waals surface area contributed by atoms with Crippen molar-refractivity contribution in [3.8, 4) is 5.69 Å². The number of amides is 2. The molecule has 2 amide bonds. The topological polar surface area (TPSA) is 124 Å². The minimum Gasteiger partial charge on any atom is -0.342 e. The van der Waals surface area contributed by atoms with Gasteiger partial charge in [0.25, 0.3) is 11.5 Å². The quantitative estimate of drug-likeness (QED) is 0.488. The monoisotopic (exact) mass is 417 g/mol. The van der Waals surface area contributed by atoms with Gasteiger partial charge in [0.1, 0.15) is 12.7 Å². The Morgan fingerprint density at radius 2 is 1.77 bits per heavy atom. The van der Waals surface area contributed by atoms with Crippen molar-refractivity contribution in [2.75, 3.05) is 11.9 Å². The summed E-state index contributed by atoms with van der Waals surface area (Å²) < 4.78 is 2.83. The predicted molar refractivity (Wildman–Crippen MR) is 114 cm³/mol. The van der Waals surface area contributed by atoms with E-state index in [4.69, 9.17) is 0 Å². The van der Waals surface area contributed by atoms with Crippen LogP contribution in [0.2, 0.25) is 0 Å². The van der Waals surface area contributed by atoms with E-state index >= 15 is 0 Å². The first-order valence-corrected chi connectivity index (χ1v) is 9.60. The lowest BCUT2D eigenvalue weighted by Gasteiger charge is -2.10. The minimum atomic E-state index is -0.532. The molecule has 156 valence electrons. The van der Waals surface area contributed by atoms with Crippen molar-refractivity contribution in [1.82, 2.24) is 29.9 Å². The molecule has 10 heteroatoms. The normalized spacial score (nSPS) is 10.7. The van der Waals surface area contributed by atoms with Crippen LogP contribution in [0.5, 0.6) is 0 Å². The Morgan fingerprint density at radius 3 is 2.45 bits per heavy atom. The number of benzene rings is 2. The maximum Gasteiger partial charge on any atom is 0.274 e. The van der Waals surface area contributed by atoms with Gasteiger partial charge in [0, 0.05) is 17.6 Å². The van der Waals surface area contributed by atoms with Crippen molar-refractivity contribution in [2.45, 2.75) is 13.5 Å². The van der Waals surface area contributed by atoms with E-state index in [0.717, 1.165) is 5.69 Å². The Kier molecular flexibility index (Phi) is 5.52. The molecule has 4 rings (SSSR count). The van der Waals surface area contributed by atoms with Crippen LogP contribution < -0.4 is 16.2 Å². The first kappa shape index (κ1) is 20.0. The van der Waals surface area contributed by atoms with Gasteiger partial charge in [0.15, 0.2) is 5.69 Å². The van der Waals surface area contributed by atoms with Gasteiger partial charge in [-0.05, 0) is 37.3 Å². The van der Waals surface area contributed by atoms with E-state index < -0.39 is 11.8 Å². The molecule has 0 radical (unpaired) electrons. The number of carbonyl (C=O) groups excluding carboxylic acids is 2. The van der Waals surface area contributed by atoms with Crippen LogP contribution in [0.4, 0.5) is 5.69 Å². The van der Waals surface area contributed by atoms with Crippen LogP contribution in [0, 0.1) is 0 Å². The summed E-state index contributed by atoms with van der Waals surface area (Å²) in [4.78, 5) is 41.2. The van der Waals surface area contributed by atoms with Gasteiger partial charge in [-0.15, -0.1) is 0 Å². The van der Waals surface area contributed by atoms with Crippen LogP contribution in [-0.2, 0) is 11.3 Å². The molecule has 0 saturated carbocycles. The SMILES string of the molecule is CCn1nc(C(=O)NCC(=O)Nc2ccc(-n3cncn3)cc2)c2ccccc2c1=O. The summed E-state index contributed by atoms with van der Waals surface area (Å²) in [5, 5.41) is 14.3. The van der Waals surface area contributed by atoms with E-state index in [9.17, 15) is 14.4 Å². The molecule has 0 spiro atoms. The highest BCUT2D eigenvalue weighted by Gasteiger charge is 2.17. The Labute approximate surface area is 176 Å². The molecule has 0 bridgehead atoms. The Bertz CT molecular complexity index is 1300. The second-order valence-corrected chi connectivity index (χ2v) is 6.63. The number of aryl methyl sites for hydroxylation is 1. The largest absolute Gasteiger partial charge is 0.342 e. The number of fused-ring (bicyclic) bond motifs is 1. The van der Waals surface area contributed by atoms with Crippen LogP contribution >= 0.6 is 0 Å². The average Bonchev–Trinajstić information content (AvgIpc) is 3.33. The van der Waals surface area contributed by atoms with Crippen LogP contribution in [0.3, 0.4) is 0 Å². The minimum absolute atomic E-state index is 0.0991. The first-order valence-electron chi connectivity index (χ1n) is 9.60. The molecule has 10 nitrogen and oxygen atoms in total. The van der Waals surface area contributed by atoms with Gasteiger partial charge in [0.2, 0.25) is 5.91 Å². The zero-order chi connectivity index (χ0) is 21.8. The Hall–Kier alpha value is -4.34. The standard InChI is InChI=1S/C21H19N7O3/c1-2-27-21(31)17-6-4-3-5-16(17)19(26-27)20(30)23-11-18(29)25-14-7-9-15(10-8-14)28-13-22-12-24-28/h3-10,12-13H,2,11H2,1H3,(H,23,30)(H,25,29). The number of nitrogens with one attached hydrogen (secondary N) is 2. The summed E-state index contributed by atoms with van der Waals surface area (Å²) in [5.74, 6) is -0.926. The summed E-state index contributed by atoms with van der Waals surface area (Å²) in [7, 11) is 0. The Morgan fingerprint density at radius 1 is 1.03 bits per heavy atom. The fraction of sp³-hybridized carbons (Fsp3) is 0.143. The molecule has 2 aromatic heterocycles. The van der Waals surface area contributed by atoms with Crippen LogP contribution in [0.15, 0.2) is 66.0 Å². The number of hydrogen-bond acceptors (Lipinski definition) is 6. The molecule has 2 aromatic carbocycles. The molecule has 4 aromatic rings. The highest BCUT2D eigenvalue weighted by molar-refractivity contribution is 6.06. The molecule has 31 heavy (non-hydrogen) atoms. The maximum atomic E-state index is 12.7. The summed E-state index contributed by atoms with van der Waals surface area (Å²) >= 11 is 0. The second kappa shape index (κ2) is 8.57. The number of nitrogens with zero attached hydrogens (tertiary/aromatic N) is 5. The van der Waals surface area contributed by atoms with E-state index in [-0.39, 0.29) is 17.8 Å². The third-order valence-electron chi connectivity index (χ3n) is 4.63. The van der Waals surface area contributed by atoms with Gasteiger partial charge in [-0.3, -0.25) is 14.4 Å². The maximum absolute atomic E-state index is 12.7. The number of anilines is 1. The smallest absolute Gasteiger partial charge is 0.274 e. The second-order valence-electron chi connectivity index (χ2n) is 6.63. The van der Waals surface area contributed by atoms with Crippen molar-refractivity contribution in [1.29, 1.82) is 0 Å². The molecule has 2 N–H and O–H groups in total. The summed E-state index contributed by atoms with van der Waals surface area (Å²) in [6, 6.07) is 13.8. The van der Waals surface area contributed by atoms with Gasteiger partial charge in [-0.25, -0.2) is 14.3 Å². The van der Waals surface area contributed by atoms with Crippen molar-refractivity contribution in [3.63, 3.8) is 0 Å². The first-order chi connectivity index (χ1) is 15.1. The fourth-order valence-corrected chi connectivity index (χ4v) is 3.11. The number of aromatic nitrogens is 5. The molecule has 0 atom stereocenters. The molecular formula is C21H19N7O3. The van der Waals surface area contributed by atoms with Crippen molar-refractivity contribution >= 4 is 28.3 Å². The lowest BCUT2D eigenvalue weighted by Crippen LogP contribution is -2.35. The van der Waals surface area contributed by atoms with Crippen LogP contribution in [0.25, 0.3) is 16.5 Å². The van der Waals surface area contributed by atoms with E-state index in [1.165, 1.54) is 11.0 Å². The van der Waals surface area contributed by atoms with Crippen LogP contribution in [-0.4, -0.2) is 42.9 Å². The van der Waals surface area contributed by atoms with E-state index in [2.05, 4.69) is 25.8 Å². The van der Waals surface area contributed by atoms with Crippen LogP contribution in [0.1, 0.15) is 17.4 Å². The molecule has 0 fully saturated rings. The lowest BCUT2D eigenvalue weighted by atomic mass is 10.1. The van der Waals surface area contributed by atoms with Crippen molar-refractivity contribution in [2.24, 2.45) is 0 Å². The van der Waals surface area contributed by atoms with E-state index in [1.54, 1.807) is 66.5 Å². The van der Waals surface area contributed by atoms with Crippen molar-refractivity contribution in [3.05, 3.63) is 77.2 Å². The number of rotatable bonds is 6. The zero-order valence-electron chi connectivity index (χ0n) is 16.6. The van der Waals surface area contributed by atoms with Gasteiger partial charge in [0.05, 0.1) is 17.6 Å². The summed E-state index contributed by atoms with van der Waals surface area (Å²) in [6.07, 6.45) is 3.01. The zero-order valence-corrected chi connectivity index (χ0v) is 16.6. The van der Waals surface area contributed by atoms with E-state index in [0.29, 0.717) is 23.0 Å².